The van der Waals surface area contributed by atoms with Gasteiger partial charge >= 0.3 is 0 Å². The summed E-state index contributed by atoms with van der Waals surface area (Å²) in [7, 11) is -2.18. The lowest BCUT2D eigenvalue weighted by molar-refractivity contribution is -0.130. The summed E-state index contributed by atoms with van der Waals surface area (Å²) in [5.41, 5.74) is 2.70. The van der Waals surface area contributed by atoms with E-state index in [2.05, 4.69) is 0 Å². The number of hydrogen-bond acceptors (Lipinski definition) is 5. The van der Waals surface area contributed by atoms with E-state index < -0.39 is 22.2 Å². The Balaban J connectivity index is 1.69. The van der Waals surface area contributed by atoms with Gasteiger partial charge in [-0.15, -0.1) is 0 Å². The number of hydrogen-bond donors (Lipinski definition) is 1. The smallest absolute Gasteiger partial charge is 0.247 e. The van der Waals surface area contributed by atoms with Gasteiger partial charge in [-0.1, -0.05) is 73.7 Å². The van der Waals surface area contributed by atoms with E-state index in [1.807, 2.05) is 67.6 Å². The summed E-state index contributed by atoms with van der Waals surface area (Å²) in [6.45, 7) is 3.76. The van der Waals surface area contributed by atoms with Gasteiger partial charge in [0.2, 0.25) is 15.9 Å². The van der Waals surface area contributed by atoms with Crippen LogP contribution in [0.15, 0.2) is 83.8 Å². The van der Waals surface area contributed by atoms with E-state index in [0.29, 0.717) is 6.54 Å². The van der Waals surface area contributed by atoms with E-state index in [9.17, 15) is 18.3 Å². The Morgan fingerprint density at radius 2 is 1.70 bits per heavy atom. The fourth-order valence-corrected chi connectivity index (χ4v) is 6.36. The van der Waals surface area contributed by atoms with Gasteiger partial charge in [0.05, 0.1) is 19.6 Å². The van der Waals surface area contributed by atoms with Crippen molar-refractivity contribution in [2.75, 3.05) is 26.7 Å². The highest BCUT2D eigenvalue weighted by Gasteiger charge is 2.38. The Bertz CT molecular complexity index is 1310. The highest BCUT2D eigenvalue weighted by atomic mass is 32.2. The molecule has 3 aromatic rings. The molecule has 0 unspecified atom stereocenters. The molecule has 8 heteroatoms. The Labute approximate surface area is 219 Å². The molecule has 37 heavy (non-hydrogen) atoms. The number of benzene rings is 3. The normalized spacial score (nSPS) is 20.1. The van der Waals surface area contributed by atoms with Crippen molar-refractivity contribution in [1.29, 1.82) is 0 Å². The van der Waals surface area contributed by atoms with Crippen molar-refractivity contribution >= 4 is 15.9 Å². The van der Waals surface area contributed by atoms with E-state index >= 15 is 0 Å². The zero-order valence-electron chi connectivity index (χ0n) is 21.4. The molecular formula is C29H34N2O5S. The van der Waals surface area contributed by atoms with Gasteiger partial charge < -0.3 is 14.7 Å². The number of rotatable bonds is 7. The number of aliphatic hydroxyl groups excluding tert-OH is 1. The van der Waals surface area contributed by atoms with Crippen molar-refractivity contribution in [1.82, 2.24) is 9.21 Å². The second kappa shape index (κ2) is 11.5. The van der Waals surface area contributed by atoms with E-state index in [4.69, 9.17) is 4.74 Å². The number of aliphatic hydroxyl groups is 1. The van der Waals surface area contributed by atoms with Crippen LogP contribution in [-0.4, -0.2) is 67.5 Å². The van der Waals surface area contributed by atoms with Crippen molar-refractivity contribution in [2.45, 2.75) is 37.3 Å². The van der Waals surface area contributed by atoms with Crippen molar-refractivity contribution < 1.29 is 23.1 Å². The van der Waals surface area contributed by atoms with Gasteiger partial charge in [-0.2, -0.15) is 4.31 Å². The molecular weight excluding hydrogens is 488 g/mol. The van der Waals surface area contributed by atoms with Crippen molar-refractivity contribution in [2.24, 2.45) is 5.92 Å². The van der Waals surface area contributed by atoms with Crippen molar-refractivity contribution in [3.8, 4) is 16.9 Å². The molecule has 0 aliphatic carbocycles. The number of ether oxygens (including phenoxy) is 1. The summed E-state index contributed by atoms with van der Waals surface area (Å²) in [6, 6.07) is 23.7. The molecule has 1 amide bonds. The van der Waals surface area contributed by atoms with E-state index in [0.717, 1.165) is 16.7 Å². The third kappa shape index (κ3) is 6.04. The first-order valence-electron chi connectivity index (χ1n) is 12.5. The largest absolute Gasteiger partial charge is 0.487 e. The molecule has 0 saturated carbocycles. The maximum absolute atomic E-state index is 13.7. The number of fused-ring (bicyclic) bond motifs is 1. The molecule has 0 bridgehead atoms. The van der Waals surface area contributed by atoms with Gasteiger partial charge in [-0.05, 0) is 35.7 Å². The third-order valence-corrected chi connectivity index (χ3v) is 8.87. The van der Waals surface area contributed by atoms with Crippen LogP contribution in [-0.2, 0) is 21.2 Å². The van der Waals surface area contributed by atoms with E-state index in [1.165, 1.54) is 4.31 Å². The number of likely N-dealkylation sites (N-methyl/N-ethyl adjacent to an activating group) is 1. The van der Waals surface area contributed by atoms with Crippen LogP contribution in [0.5, 0.6) is 5.75 Å². The van der Waals surface area contributed by atoms with Crippen LogP contribution in [0.1, 0.15) is 19.4 Å². The summed E-state index contributed by atoms with van der Waals surface area (Å²) in [5, 5.41) is 9.84. The molecule has 3 aromatic carbocycles. The van der Waals surface area contributed by atoms with Crippen molar-refractivity contribution in [3.05, 3.63) is 84.4 Å². The Hall–Kier alpha value is -3.20. The molecule has 0 aromatic heterocycles. The molecule has 1 N–H and O–H groups in total. The monoisotopic (exact) mass is 522 g/mol. The van der Waals surface area contributed by atoms with Gasteiger partial charge in [-0.3, -0.25) is 4.79 Å². The zero-order chi connectivity index (χ0) is 26.6. The summed E-state index contributed by atoms with van der Waals surface area (Å²) >= 11 is 0. The SMILES string of the molecule is C[C@H](CO)N1C[C@H](C)[C@H](CN(C)C(=O)Cc2ccccc2)Oc2cc(-c3ccccc3)ccc2S1(=O)=O. The molecule has 3 atom stereocenters. The number of amides is 1. The Morgan fingerprint density at radius 3 is 2.35 bits per heavy atom. The molecule has 0 saturated heterocycles. The molecule has 0 fully saturated rings. The third-order valence-electron chi connectivity index (χ3n) is 6.85. The van der Waals surface area contributed by atoms with Crippen LogP contribution in [0.25, 0.3) is 11.1 Å². The fourth-order valence-electron chi connectivity index (χ4n) is 4.53. The molecule has 1 aliphatic heterocycles. The van der Waals surface area contributed by atoms with Crippen LogP contribution in [0.2, 0.25) is 0 Å². The minimum Gasteiger partial charge on any atom is -0.487 e. The fraction of sp³-hybridized carbons (Fsp3) is 0.345. The second-order valence-electron chi connectivity index (χ2n) is 9.70. The Morgan fingerprint density at radius 1 is 1.05 bits per heavy atom. The lowest BCUT2D eigenvalue weighted by atomic mass is 10.0. The molecule has 4 rings (SSSR count). The molecule has 1 heterocycles. The molecule has 0 radical (unpaired) electrons. The van der Waals surface area contributed by atoms with Crippen LogP contribution in [0.3, 0.4) is 0 Å². The predicted octanol–water partition coefficient (Wildman–Crippen LogP) is 3.82. The van der Waals surface area contributed by atoms with Crippen LogP contribution >= 0.6 is 0 Å². The standard InChI is InChI=1S/C29H34N2O5S/c1-21-18-31(22(2)20-32)37(34,35)28-15-14-25(24-12-8-5-9-13-24)17-26(28)36-27(21)19-30(3)29(33)16-23-10-6-4-7-11-23/h4-15,17,21-22,27,32H,16,18-20H2,1-3H3/t21-,22+,27-/m0/s1. The van der Waals surface area contributed by atoms with Gasteiger partial charge in [0, 0.05) is 25.6 Å². The molecule has 1 aliphatic rings. The number of sulfonamides is 1. The second-order valence-corrected chi connectivity index (χ2v) is 11.6. The summed E-state index contributed by atoms with van der Waals surface area (Å²) < 4.78 is 35.1. The summed E-state index contributed by atoms with van der Waals surface area (Å²) in [4.78, 5) is 14.7. The highest BCUT2D eigenvalue weighted by molar-refractivity contribution is 7.89. The predicted molar refractivity (Wildman–Crippen MR) is 144 cm³/mol. The number of carbonyl (C=O) groups excluding carboxylic acids is 1. The molecule has 196 valence electrons. The topological polar surface area (TPSA) is 87.2 Å². The number of nitrogens with zero attached hydrogens (tertiary/aromatic N) is 2. The van der Waals surface area contributed by atoms with E-state index in [1.54, 1.807) is 37.1 Å². The van der Waals surface area contributed by atoms with Crippen LogP contribution in [0.4, 0.5) is 0 Å². The first-order chi connectivity index (χ1) is 17.7. The minimum absolute atomic E-state index is 0.0458. The Kier molecular flexibility index (Phi) is 8.32. The average molecular weight is 523 g/mol. The van der Waals surface area contributed by atoms with Gasteiger partial charge in [0.25, 0.3) is 0 Å². The number of carbonyl (C=O) groups is 1. The van der Waals surface area contributed by atoms with Gasteiger partial charge in [-0.25, -0.2) is 8.42 Å². The lowest BCUT2D eigenvalue weighted by Gasteiger charge is -2.37. The first-order valence-corrected chi connectivity index (χ1v) is 13.9. The quantitative estimate of drug-likeness (QED) is 0.510. The zero-order valence-corrected chi connectivity index (χ0v) is 22.3. The van der Waals surface area contributed by atoms with Gasteiger partial charge in [0.15, 0.2) is 0 Å². The molecule has 0 spiro atoms. The van der Waals surface area contributed by atoms with E-state index in [-0.39, 0.29) is 42.0 Å². The average Bonchev–Trinajstić information content (AvgIpc) is 2.91. The maximum Gasteiger partial charge on any atom is 0.247 e. The summed E-state index contributed by atoms with van der Waals surface area (Å²) in [6.07, 6.45) is -0.187. The van der Waals surface area contributed by atoms with Crippen LogP contribution < -0.4 is 4.74 Å². The van der Waals surface area contributed by atoms with Crippen molar-refractivity contribution in [3.63, 3.8) is 0 Å². The maximum atomic E-state index is 13.7. The highest BCUT2D eigenvalue weighted by Crippen LogP contribution is 2.36. The lowest BCUT2D eigenvalue weighted by Crippen LogP contribution is -2.50. The first kappa shape index (κ1) is 26.9. The summed E-state index contributed by atoms with van der Waals surface area (Å²) in [5.74, 6) is -0.0447. The minimum atomic E-state index is -3.93. The van der Waals surface area contributed by atoms with Gasteiger partial charge in [0.1, 0.15) is 16.7 Å². The van der Waals surface area contributed by atoms with Crippen LogP contribution in [0, 0.1) is 5.92 Å². The molecule has 7 nitrogen and oxygen atoms in total.